The van der Waals surface area contributed by atoms with E-state index >= 15 is 0 Å². The molecule has 0 aliphatic rings. The maximum atomic E-state index is 6.18. The summed E-state index contributed by atoms with van der Waals surface area (Å²) < 4.78 is 23.4. The molecule has 0 radical (unpaired) electrons. The number of hydrogen-bond acceptors (Lipinski definition) is 5. The highest BCUT2D eigenvalue weighted by Gasteiger charge is 2.23. The molecule has 41 heavy (non-hydrogen) atoms. The molecule has 0 aliphatic carbocycles. The van der Waals surface area contributed by atoms with Crippen molar-refractivity contribution >= 4 is 11.6 Å². The molecule has 1 unspecified atom stereocenters. The number of benzene rings is 4. The lowest BCUT2D eigenvalue weighted by atomic mass is 9.78. The van der Waals surface area contributed by atoms with Gasteiger partial charge in [-0.3, -0.25) is 0 Å². The quantitative estimate of drug-likeness (QED) is 0.130. The second-order valence-electron chi connectivity index (χ2n) is 10.6. The van der Waals surface area contributed by atoms with E-state index in [2.05, 4.69) is 62.2 Å². The van der Waals surface area contributed by atoms with Crippen molar-refractivity contribution in [2.45, 2.75) is 59.5 Å². The zero-order valence-corrected chi connectivity index (χ0v) is 25.0. The normalized spacial score (nSPS) is 12.6. The number of rotatable bonds is 12. The molecule has 0 N–H and O–H groups in total. The van der Waals surface area contributed by atoms with Crippen molar-refractivity contribution in [3.63, 3.8) is 0 Å². The Morgan fingerprint density at radius 1 is 0.707 bits per heavy atom. The van der Waals surface area contributed by atoms with Crippen molar-refractivity contribution in [2.24, 2.45) is 4.99 Å². The maximum absolute atomic E-state index is 6.18. The second-order valence-corrected chi connectivity index (χ2v) is 10.6. The molecule has 5 nitrogen and oxygen atoms in total. The highest BCUT2D eigenvalue weighted by molar-refractivity contribution is 5.76. The van der Waals surface area contributed by atoms with Gasteiger partial charge >= 0.3 is 0 Å². The van der Waals surface area contributed by atoms with Crippen LogP contribution in [-0.4, -0.2) is 25.2 Å². The van der Waals surface area contributed by atoms with Crippen molar-refractivity contribution < 1.29 is 18.9 Å². The first-order chi connectivity index (χ1) is 19.8. The molecule has 4 aromatic carbocycles. The van der Waals surface area contributed by atoms with Crippen molar-refractivity contribution in [3.8, 4) is 23.0 Å². The monoisotopic (exact) mass is 551 g/mol. The summed E-state index contributed by atoms with van der Waals surface area (Å²) in [6.07, 6.45) is 1.04. The maximum Gasteiger partial charge on any atom is 0.185 e. The van der Waals surface area contributed by atoms with Gasteiger partial charge in [-0.25, -0.2) is 4.99 Å². The fourth-order valence-electron chi connectivity index (χ4n) is 4.77. The molecule has 0 spiro atoms. The molecule has 0 aliphatic heterocycles. The average molecular weight is 552 g/mol. The van der Waals surface area contributed by atoms with Crippen LogP contribution in [0.25, 0.3) is 0 Å². The summed E-state index contributed by atoms with van der Waals surface area (Å²) >= 11 is 0. The van der Waals surface area contributed by atoms with Crippen molar-refractivity contribution in [2.75, 3.05) is 13.2 Å². The Morgan fingerprint density at radius 3 is 1.83 bits per heavy atom. The highest BCUT2D eigenvalue weighted by atomic mass is 16.5. The predicted molar refractivity (Wildman–Crippen MR) is 167 cm³/mol. The molecule has 0 saturated heterocycles. The van der Waals surface area contributed by atoms with E-state index in [1.54, 1.807) is 0 Å². The minimum atomic E-state index is -0.197. The summed E-state index contributed by atoms with van der Waals surface area (Å²) in [5.41, 5.74) is 4.19. The third-order valence-electron chi connectivity index (χ3n) is 6.95. The van der Waals surface area contributed by atoms with Gasteiger partial charge in [0, 0.05) is 25.0 Å². The Balaban J connectivity index is 1.41. The Hall–Kier alpha value is -4.09. The lowest BCUT2D eigenvalue weighted by Crippen LogP contribution is -2.18. The van der Waals surface area contributed by atoms with Crippen LogP contribution in [0.5, 0.6) is 23.0 Å². The SMILES string of the molecule is CCO/C(C)=N\c1cccc(Oc2ccc(C(C)(C)c3ccc(Oc4cccc(CC(C)OCC)c4)cc3)cc2)c1. The van der Waals surface area contributed by atoms with Gasteiger partial charge in [0.15, 0.2) is 5.90 Å². The first kappa shape index (κ1) is 29.9. The lowest BCUT2D eigenvalue weighted by Gasteiger charge is -2.26. The van der Waals surface area contributed by atoms with Crippen LogP contribution in [0, 0.1) is 0 Å². The van der Waals surface area contributed by atoms with Gasteiger partial charge in [-0.05, 0) is 92.4 Å². The number of aliphatic imine (C=N–C) groups is 1. The molecular weight excluding hydrogens is 510 g/mol. The van der Waals surface area contributed by atoms with Gasteiger partial charge in [0.1, 0.15) is 23.0 Å². The third kappa shape index (κ3) is 8.45. The number of hydrogen-bond donors (Lipinski definition) is 0. The van der Waals surface area contributed by atoms with Gasteiger partial charge < -0.3 is 18.9 Å². The molecule has 0 bridgehead atoms. The molecule has 5 heteroatoms. The van der Waals surface area contributed by atoms with Gasteiger partial charge in [0.05, 0.1) is 18.4 Å². The zero-order chi connectivity index (χ0) is 29.2. The van der Waals surface area contributed by atoms with Crippen LogP contribution in [0.2, 0.25) is 0 Å². The van der Waals surface area contributed by atoms with E-state index in [0.717, 1.165) is 41.7 Å². The fraction of sp³-hybridized carbons (Fsp3) is 0.306. The smallest absolute Gasteiger partial charge is 0.185 e. The zero-order valence-electron chi connectivity index (χ0n) is 25.0. The first-order valence-electron chi connectivity index (χ1n) is 14.3. The molecule has 0 aromatic heterocycles. The average Bonchev–Trinajstić information content (AvgIpc) is 2.94. The third-order valence-corrected chi connectivity index (χ3v) is 6.95. The van der Waals surface area contributed by atoms with E-state index in [9.17, 15) is 0 Å². The van der Waals surface area contributed by atoms with Crippen LogP contribution in [0.1, 0.15) is 58.2 Å². The van der Waals surface area contributed by atoms with E-state index in [4.69, 9.17) is 18.9 Å². The van der Waals surface area contributed by atoms with Gasteiger partial charge in [-0.1, -0.05) is 56.3 Å². The Kier molecular flexibility index (Phi) is 10.2. The molecule has 214 valence electrons. The topological polar surface area (TPSA) is 49.3 Å². The van der Waals surface area contributed by atoms with Crippen LogP contribution in [0.15, 0.2) is 102 Å². The largest absolute Gasteiger partial charge is 0.481 e. The molecule has 1 atom stereocenters. The van der Waals surface area contributed by atoms with Crippen LogP contribution < -0.4 is 9.47 Å². The second kappa shape index (κ2) is 14.0. The summed E-state index contributed by atoms with van der Waals surface area (Å²) in [7, 11) is 0. The Labute approximate surface area is 244 Å². The van der Waals surface area contributed by atoms with E-state index in [1.165, 1.54) is 16.7 Å². The molecule has 0 amide bonds. The minimum Gasteiger partial charge on any atom is -0.481 e. The predicted octanol–water partition coefficient (Wildman–Crippen LogP) is 9.65. The summed E-state index contributed by atoms with van der Waals surface area (Å²) in [6.45, 7) is 13.7. The van der Waals surface area contributed by atoms with Crippen molar-refractivity contribution in [3.05, 3.63) is 114 Å². The summed E-state index contributed by atoms with van der Waals surface area (Å²) in [5, 5.41) is 0. The summed E-state index contributed by atoms with van der Waals surface area (Å²) in [6, 6.07) is 32.5. The standard InChI is InChI=1S/C36H41NO4/c1-7-38-26(3)23-28-11-9-13-34(24-28)40-32-19-15-29(16-20-32)36(5,6)30-17-21-33(22-18-30)41-35-14-10-12-31(25-35)37-27(4)39-8-2/h9-22,24-26H,7-8,23H2,1-6H3/b37-27-. The van der Waals surface area contributed by atoms with Crippen LogP contribution >= 0.6 is 0 Å². The van der Waals surface area contributed by atoms with Crippen molar-refractivity contribution in [1.29, 1.82) is 0 Å². The Morgan fingerprint density at radius 2 is 1.27 bits per heavy atom. The first-order valence-corrected chi connectivity index (χ1v) is 14.3. The molecule has 4 rings (SSSR count). The van der Waals surface area contributed by atoms with Crippen LogP contribution in [-0.2, 0) is 21.3 Å². The van der Waals surface area contributed by atoms with Gasteiger partial charge in [0.2, 0.25) is 0 Å². The lowest BCUT2D eigenvalue weighted by molar-refractivity contribution is 0.0768. The molecule has 0 saturated carbocycles. The van der Waals surface area contributed by atoms with Crippen LogP contribution in [0.3, 0.4) is 0 Å². The highest BCUT2D eigenvalue weighted by Crippen LogP contribution is 2.35. The minimum absolute atomic E-state index is 0.179. The molecule has 4 aromatic rings. The van der Waals surface area contributed by atoms with Gasteiger partial charge in [-0.2, -0.15) is 0 Å². The van der Waals surface area contributed by atoms with E-state index in [-0.39, 0.29) is 11.5 Å². The summed E-state index contributed by atoms with van der Waals surface area (Å²) in [5.74, 6) is 3.77. The van der Waals surface area contributed by atoms with Gasteiger partial charge in [0.25, 0.3) is 0 Å². The van der Waals surface area contributed by atoms with Crippen molar-refractivity contribution in [1.82, 2.24) is 0 Å². The molecule has 0 heterocycles. The van der Waals surface area contributed by atoms with Crippen LogP contribution in [0.4, 0.5) is 5.69 Å². The van der Waals surface area contributed by atoms with E-state index in [0.29, 0.717) is 12.5 Å². The Bertz CT molecular complexity index is 1420. The molecular formula is C36H41NO4. The fourth-order valence-corrected chi connectivity index (χ4v) is 4.77. The molecule has 0 fully saturated rings. The number of ether oxygens (including phenoxy) is 4. The number of nitrogens with zero attached hydrogens (tertiary/aromatic N) is 1. The van der Waals surface area contributed by atoms with E-state index in [1.807, 2.05) is 81.4 Å². The van der Waals surface area contributed by atoms with Gasteiger partial charge in [-0.15, -0.1) is 0 Å². The summed E-state index contributed by atoms with van der Waals surface area (Å²) in [4.78, 5) is 4.48. The van der Waals surface area contributed by atoms with E-state index < -0.39 is 0 Å².